The molecule has 0 bridgehead atoms. The Bertz CT molecular complexity index is 1160. The summed E-state index contributed by atoms with van der Waals surface area (Å²) in [6.07, 6.45) is 0. The van der Waals surface area contributed by atoms with Gasteiger partial charge in [0.05, 0.1) is 34.7 Å². The number of carbonyl (C=O) groups is 2. The molecule has 0 radical (unpaired) electrons. The van der Waals surface area contributed by atoms with Crippen LogP contribution >= 0.6 is 15.9 Å². The maximum atomic E-state index is 12.4. The molecule has 0 N–H and O–H groups in total. The normalized spacial score (nSPS) is 11.3. The van der Waals surface area contributed by atoms with Gasteiger partial charge in [-0.05, 0) is 29.0 Å². The molecule has 4 rings (SSSR count). The van der Waals surface area contributed by atoms with Crippen LogP contribution in [0.1, 0.15) is 20.8 Å². The molecular weight excluding hydrogens is 382 g/mol. The largest absolute Gasteiger partial charge is 0.465 e. The number of pyridine rings is 1. The van der Waals surface area contributed by atoms with Gasteiger partial charge in [0.1, 0.15) is 0 Å². The van der Waals surface area contributed by atoms with Crippen LogP contribution in [-0.4, -0.2) is 28.6 Å². The van der Waals surface area contributed by atoms with E-state index in [1.165, 1.54) is 7.11 Å². The molecule has 0 aliphatic heterocycles. The molecule has 4 aromatic rings. The van der Waals surface area contributed by atoms with Crippen molar-refractivity contribution in [2.24, 2.45) is 0 Å². The van der Waals surface area contributed by atoms with Crippen LogP contribution in [0.15, 0.2) is 54.6 Å². The number of benzene rings is 2. The van der Waals surface area contributed by atoms with Crippen molar-refractivity contribution in [1.82, 2.24) is 4.40 Å². The monoisotopic (exact) mass is 395 g/mol. The summed E-state index contributed by atoms with van der Waals surface area (Å²) in [6, 6.07) is 17.6. The van der Waals surface area contributed by atoms with E-state index in [0.29, 0.717) is 16.8 Å². The van der Waals surface area contributed by atoms with E-state index in [1.807, 2.05) is 40.8 Å². The van der Waals surface area contributed by atoms with E-state index in [4.69, 9.17) is 4.74 Å². The van der Waals surface area contributed by atoms with Crippen LogP contribution in [0.4, 0.5) is 0 Å². The van der Waals surface area contributed by atoms with Gasteiger partial charge in [0.25, 0.3) is 0 Å². The fraction of sp³-hybridized carbons (Fsp3) is 0.100. The first-order valence-electron chi connectivity index (χ1n) is 7.79. The smallest absolute Gasteiger partial charge is 0.340 e. The van der Waals surface area contributed by atoms with Crippen LogP contribution in [0.2, 0.25) is 0 Å². The van der Waals surface area contributed by atoms with Crippen molar-refractivity contribution in [1.29, 1.82) is 0 Å². The van der Waals surface area contributed by atoms with Gasteiger partial charge in [0, 0.05) is 5.39 Å². The molecule has 2 heterocycles. The zero-order chi connectivity index (χ0) is 17.6. The number of esters is 1. The summed E-state index contributed by atoms with van der Waals surface area (Å²) in [5, 5.41) is 3.45. The summed E-state index contributed by atoms with van der Waals surface area (Å²) >= 11 is 3.23. The standard InChI is InChI=1S/C20H14BrNO3/c1-25-20(24)15-10-18(19(23)11-21)22-16-8-6-12-4-2-3-5-13(12)14(16)7-9-17(15)22/h2-10H,11H2,1H3. The number of hydrogen-bond donors (Lipinski definition) is 0. The van der Waals surface area contributed by atoms with E-state index in [9.17, 15) is 9.59 Å². The summed E-state index contributed by atoms with van der Waals surface area (Å²) in [6.45, 7) is 0. The summed E-state index contributed by atoms with van der Waals surface area (Å²) in [5.41, 5.74) is 2.41. The fourth-order valence-corrected chi connectivity index (χ4v) is 3.60. The minimum Gasteiger partial charge on any atom is -0.465 e. The third-order valence-corrected chi connectivity index (χ3v) is 4.96. The molecule has 0 amide bonds. The Morgan fingerprint density at radius 1 is 1.00 bits per heavy atom. The van der Waals surface area contributed by atoms with Gasteiger partial charge in [-0.1, -0.05) is 52.3 Å². The Hall–Kier alpha value is -2.66. The average molecular weight is 396 g/mol. The highest BCUT2D eigenvalue weighted by Gasteiger charge is 2.21. The third-order valence-electron chi connectivity index (χ3n) is 4.45. The second-order valence-corrected chi connectivity index (χ2v) is 6.33. The Morgan fingerprint density at radius 2 is 1.76 bits per heavy atom. The Morgan fingerprint density at radius 3 is 2.52 bits per heavy atom. The van der Waals surface area contributed by atoms with E-state index in [-0.39, 0.29) is 11.1 Å². The molecule has 0 atom stereocenters. The molecule has 25 heavy (non-hydrogen) atoms. The van der Waals surface area contributed by atoms with Gasteiger partial charge >= 0.3 is 5.97 Å². The van der Waals surface area contributed by atoms with Crippen molar-refractivity contribution in [3.8, 4) is 0 Å². The maximum Gasteiger partial charge on any atom is 0.340 e. The number of carbonyl (C=O) groups excluding carboxylic acids is 2. The molecule has 0 aliphatic rings. The number of ether oxygens (including phenoxy) is 1. The van der Waals surface area contributed by atoms with Crippen LogP contribution < -0.4 is 0 Å². The number of methoxy groups -OCH3 is 1. The van der Waals surface area contributed by atoms with Crippen LogP contribution in [-0.2, 0) is 4.74 Å². The van der Waals surface area contributed by atoms with Crippen LogP contribution in [0.5, 0.6) is 0 Å². The maximum absolute atomic E-state index is 12.4. The number of alkyl halides is 1. The van der Waals surface area contributed by atoms with Gasteiger partial charge in [-0.15, -0.1) is 0 Å². The van der Waals surface area contributed by atoms with E-state index < -0.39 is 5.97 Å². The minimum absolute atomic E-state index is 0.0918. The van der Waals surface area contributed by atoms with Crippen LogP contribution in [0.3, 0.4) is 0 Å². The van der Waals surface area contributed by atoms with Gasteiger partial charge < -0.3 is 9.14 Å². The van der Waals surface area contributed by atoms with Gasteiger partial charge in [0.2, 0.25) is 0 Å². The van der Waals surface area contributed by atoms with E-state index >= 15 is 0 Å². The summed E-state index contributed by atoms with van der Waals surface area (Å²) < 4.78 is 6.72. The first-order chi connectivity index (χ1) is 12.2. The number of nitrogens with zero attached hydrogens (tertiary/aromatic N) is 1. The molecule has 0 saturated carbocycles. The van der Waals surface area contributed by atoms with E-state index in [0.717, 1.165) is 21.7 Å². The molecule has 5 heteroatoms. The average Bonchev–Trinajstić information content (AvgIpc) is 3.06. The number of fused-ring (bicyclic) bond motifs is 5. The molecule has 4 nitrogen and oxygen atoms in total. The Kier molecular flexibility index (Phi) is 3.81. The number of halogens is 1. The quantitative estimate of drug-likeness (QED) is 0.220. The lowest BCUT2D eigenvalue weighted by Gasteiger charge is -2.09. The second-order valence-electron chi connectivity index (χ2n) is 5.77. The Labute approximate surface area is 152 Å². The van der Waals surface area contributed by atoms with Crippen molar-refractivity contribution < 1.29 is 14.3 Å². The van der Waals surface area contributed by atoms with Gasteiger partial charge in [0.15, 0.2) is 5.78 Å². The van der Waals surface area contributed by atoms with Crippen molar-refractivity contribution in [3.05, 3.63) is 65.9 Å². The van der Waals surface area contributed by atoms with Crippen molar-refractivity contribution in [3.63, 3.8) is 0 Å². The third kappa shape index (κ3) is 2.35. The highest BCUT2D eigenvalue weighted by atomic mass is 79.9. The zero-order valence-corrected chi connectivity index (χ0v) is 15.0. The van der Waals surface area contributed by atoms with Gasteiger partial charge in [-0.25, -0.2) is 4.79 Å². The molecule has 0 aliphatic carbocycles. The van der Waals surface area contributed by atoms with Gasteiger partial charge in [-0.2, -0.15) is 0 Å². The fourth-order valence-electron chi connectivity index (χ4n) is 3.31. The number of Topliss-reactive ketones (excluding diaryl/α,β-unsaturated/α-hetero) is 1. The van der Waals surface area contributed by atoms with Crippen molar-refractivity contribution in [2.75, 3.05) is 12.4 Å². The highest BCUT2D eigenvalue weighted by Crippen LogP contribution is 2.30. The van der Waals surface area contributed by atoms with Crippen molar-refractivity contribution >= 4 is 54.9 Å². The minimum atomic E-state index is -0.453. The first kappa shape index (κ1) is 15.8. The molecule has 0 unspecified atom stereocenters. The molecular formula is C20H14BrNO3. The second kappa shape index (κ2) is 6.01. The molecule has 2 aromatic carbocycles. The number of hydrogen-bond acceptors (Lipinski definition) is 3. The summed E-state index contributed by atoms with van der Waals surface area (Å²) in [5.74, 6) is -0.544. The number of aromatic nitrogens is 1. The topological polar surface area (TPSA) is 47.8 Å². The lowest BCUT2D eigenvalue weighted by atomic mass is 10.0. The molecule has 0 spiro atoms. The molecule has 124 valence electrons. The predicted molar refractivity (Wildman–Crippen MR) is 102 cm³/mol. The molecule has 0 fully saturated rings. The predicted octanol–water partition coefficient (Wildman–Crippen LogP) is 4.61. The molecule has 2 aromatic heterocycles. The van der Waals surface area contributed by atoms with Gasteiger partial charge in [-0.3, -0.25) is 4.79 Å². The number of rotatable bonds is 3. The van der Waals surface area contributed by atoms with E-state index in [1.54, 1.807) is 6.07 Å². The summed E-state index contributed by atoms with van der Waals surface area (Å²) in [7, 11) is 1.34. The lowest BCUT2D eigenvalue weighted by Crippen LogP contribution is -2.05. The number of ketones is 1. The van der Waals surface area contributed by atoms with Crippen LogP contribution in [0, 0.1) is 0 Å². The first-order valence-corrected chi connectivity index (χ1v) is 8.91. The lowest BCUT2D eigenvalue weighted by molar-refractivity contribution is 0.0603. The summed E-state index contributed by atoms with van der Waals surface area (Å²) in [4.78, 5) is 24.6. The van der Waals surface area contributed by atoms with Crippen molar-refractivity contribution in [2.45, 2.75) is 0 Å². The molecule has 0 saturated heterocycles. The highest BCUT2D eigenvalue weighted by molar-refractivity contribution is 9.09. The Balaban J connectivity index is 2.19. The van der Waals surface area contributed by atoms with Crippen LogP contribution in [0.25, 0.3) is 27.2 Å². The SMILES string of the molecule is COC(=O)c1cc(C(=O)CBr)n2c1ccc1c3ccccc3ccc12. The zero-order valence-electron chi connectivity index (χ0n) is 13.5. The van der Waals surface area contributed by atoms with E-state index in [2.05, 4.69) is 28.1 Å².